The number of aromatic nitrogens is 2. The number of pyridine rings is 1. The monoisotopic (exact) mass is 578 g/mol. The van der Waals surface area contributed by atoms with E-state index in [-0.39, 0.29) is 0 Å². The van der Waals surface area contributed by atoms with Gasteiger partial charge < -0.3 is 9.74 Å². The van der Waals surface area contributed by atoms with Crippen molar-refractivity contribution in [2.45, 2.75) is 26.7 Å². The molecule has 0 atom stereocenters. The van der Waals surface area contributed by atoms with Crippen molar-refractivity contribution in [1.29, 1.82) is 0 Å². The molecule has 0 unspecified atom stereocenters. The number of rotatable bonds is 3. The largest absolute Gasteiger partial charge is 0.371 e. The Kier molecular flexibility index (Phi) is 6.06. The summed E-state index contributed by atoms with van der Waals surface area (Å²) in [6, 6.07) is 6.32. The van der Waals surface area contributed by atoms with E-state index in [1.165, 1.54) is 16.6 Å². The topological polar surface area (TPSA) is 25.4 Å². The van der Waals surface area contributed by atoms with E-state index in [1.807, 2.05) is 0 Å². The predicted molar refractivity (Wildman–Crippen MR) is 130 cm³/mol. The summed E-state index contributed by atoms with van der Waals surface area (Å²) in [5.74, 6) is 0.530. The highest BCUT2D eigenvalue weighted by atomic mass is 79.9. The van der Waals surface area contributed by atoms with Gasteiger partial charge in [0.05, 0.1) is 5.69 Å². The van der Waals surface area contributed by atoms with Crippen LogP contribution in [0.15, 0.2) is 37.8 Å². The summed E-state index contributed by atoms with van der Waals surface area (Å²) in [6.07, 6.45) is 4.33. The SMILES string of the molecule is [C-]#[N+]CC1CCN(c2cc(C)nc3c2c(C)cn3-c2c(Br)cc(Br)cc2Br)CC1. The molecular weight excluding hydrogens is 560 g/mol. The molecule has 4 nitrogen and oxygen atoms in total. The Morgan fingerprint density at radius 1 is 1.10 bits per heavy atom. The molecule has 1 aromatic carbocycles. The number of hydrogen-bond donors (Lipinski definition) is 0. The second kappa shape index (κ2) is 8.41. The van der Waals surface area contributed by atoms with Gasteiger partial charge in [0.25, 0.3) is 0 Å². The number of benzene rings is 1. The van der Waals surface area contributed by atoms with E-state index in [0.29, 0.717) is 12.5 Å². The summed E-state index contributed by atoms with van der Waals surface area (Å²) < 4.78 is 5.19. The molecule has 0 N–H and O–H groups in total. The number of anilines is 1. The fourth-order valence-electron chi connectivity index (χ4n) is 4.18. The maximum atomic E-state index is 7.14. The van der Waals surface area contributed by atoms with Gasteiger partial charge in [0.2, 0.25) is 6.54 Å². The molecule has 1 saturated heterocycles. The molecule has 2 aromatic heterocycles. The smallest absolute Gasteiger partial charge is 0.217 e. The van der Waals surface area contributed by atoms with Crippen LogP contribution in [0.4, 0.5) is 5.69 Å². The number of fused-ring (bicyclic) bond motifs is 1. The summed E-state index contributed by atoms with van der Waals surface area (Å²) in [7, 11) is 0. The van der Waals surface area contributed by atoms with Crippen molar-refractivity contribution < 1.29 is 0 Å². The van der Waals surface area contributed by atoms with Crippen LogP contribution in [-0.4, -0.2) is 29.2 Å². The van der Waals surface area contributed by atoms with Crippen molar-refractivity contribution in [3.8, 4) is 5.69 Å². The van der Waals surface area contributed by atoms with Crippen molar-refractivity contribution in [3.05, 3.63) is 60.5 Å². The number of hydrogen-bond acceptors (Lipinski definition) is 2. The Bertz CT molecular complexity index is 1100. The van der Waals surface area contributed by atoms with Crippen molar-refractivity contribution in [1.82, 2.24) is 9.55 Å². The summed E-state index contributed by atoms with van der Waals surface area (Å²) in [6.45, 7) is 14.0. The Balaban J connectivity index is 1.83. The lowest BCUT2D eigenvalue weighted by Crippen LogP contribution is -2.34. The Hall–Kier alpha value is -1.36. The molecular formula is C22H21Br3N4. The van der Waals surface area contributed by atoms with E-state index in [1.54, 1.807) is 0 Å². The van der Waals surface area contributed by atoms with E-state index < -0.39 is 0 Å². The molecule has 0 amide bonds. The third kappa shape index (κ3) is 3.99. The molecule has 29 heavy (non-hydrogen) atoms. The Morgan fingerprint density at radius 2 is 1.76 bits per heavy atom. The zero-order valence-electron chi connectivity index (χ0n) is 16.3. The number of piperidine rings is 1. The number of aryl methyl sites for hydroxylation is 2. The lowest BCUT2D eigenvalue weighted by atomic mass is 9.96. The standard InChI is InChI=1S/C22H21Br3N4/c1-13-12-29(21-17(24)9-16(23)10-18(21)25)22-20(13)19(8-14(2)27-22)28-6-4-15(5-7-28)11-26-3/h8-10,12,15H,4-7,11H2,1-2H3. The van der Waals surface area contributed by atoms with Crippen molar-refractivity contribution in [2.75, 3.05) is 24.5 Å². The van der Waals surface area contributed by atoms with E-state index in [9.17, 15) is 0 Å². The first kappa shape index (κ1) is 20.9. The molecule has 1 aliphatic rings. The van der Waals surface area contributed by atoms with Gasteiger partial charge in [-0.25, -0.2) is 11.6 Å². The molecule has 1 aliphatic heterocycles. The van der Waals surface area contributed by atoms with Crippen LogP contribution >= 0.6 is 47.8 Å². The molecule has 0 radical (unpaired) electrons. The van der Waals surface area contributed by atoms with Gasteiger partial charge in [0, 0.05) is 55.4 Å². The van der Waals surface area contributed by atoms with E-state index in [0.717, 1.165) is 56.4 Å². The highest BCUT2D eigenvalue weighted by Crippen LogP contribution is 2.39. The molecule has 0 spiro atoms. The molecule has 0 saturated carbocycles. The van der Waals surface area contributed by atoms with Gasteiger partial charge in [-0.15, -0.1) is 0 Å². The summed E-state index contributed by atoms with van der Waals surface area (Å²) in [5.41, 5.74) is 5.51. The van der Waals surface area contributed by atoms with E-state index in [2.05, 4.69) is 100 Å². The quantitative estimate of drug-likeness (QED) is 0.310. The fraction of sp³-hybridized carbons (Fsp3) is 0.364. The maximum Gasteiger partial charge on any atom is 0.217 e. The third-order valence-electron chi connectivity index (χ3n) is 5.58. The third-order valence-corrected chi connectivity index (χ3v) is 7.25. The minimum atomic E-state index is 0.530. The van der Waals surface area contributed by atoms with Gasteiger partial charge in [0.15, 0.2) is 0 Å². The van der Waals surface area contributed by atoms with Crippen LogP contribution in [0.3, 0.4) is 0 Å². The summed E-state index contributed by atoms with van der Waals surface area (Å²) >= 11 is 11.0. The molecule has 0 bridgehead atoms. The van der Waals surface area contributed by atoms with E-state index in [4.69, 9.17) is 11.6 Å². The van der Waals surface area contributed by atoms with Gasteiger partial charge in [-0.1, -0.05) is 15.9 Å². The molecule has 4 rings (SSSR count). The highest BCUT2D eigenvalue weighted by molar-refractivity contribution is 9.11. The molecule has 1 fully saturated rings. The molecule has 3 aromatic rings. The van der Waals surface area contributed by atoms with Crippen molar-refractivity contribution >= 4 is 64.5 Å². The van der Waals surface area contributed by atoms with Gasteiger partial charge in [-0.2, -0.15) is 0 Å². The lowest BCUT2D eigenvalue weighted by molar-refractivity contribution is 0.431. The summed E-state index contributed by atoms with van der Waals surface area (Å²) in [4.78, 5) is 11.0. The van der Waals surface area contributed by atoms with Crippen LogP contribution in [0, 0.1) is 26.3 Å². The fourth-order valence-corrected chi connectivity index (χ4v) is 6.82. The minimum Gasteiger partial charge on any atom is -0.371 e. The van der Waals surface area contributed by atoms with Crippen LogP contribution in [0.2, 0.25) is 0 Å². The molecule has 7 heteroatoms. The van der Waals surface area contributed by atoms with Gasteiger partial charge >= 0.3 is 0 Å². The minimum absolute atomic E-state index is 0.530. The number of halogens is 3. The molecule has 150 valence electrons. The lowest BCUT2D eigenvalue weighted by Gasteiger charge is -2.32. The first-order chi connectivity index (χ1) is 13.9. The second-order valence-electron chi connectivity index (χ2n) is 7.65. The maximum absolute atomic E-state index is 7.14. The van der Waals surface area contributed by atoms with E-state index >= 15 is 0 Å². The van der Waals surface area contributed by atoms with Crippen LogP contribution in [0.5, 0.6) is 0 Å². The zero-order chi connectivity index (χ0) is 20.7. The average Bonchev–Trinajstić information content (AvgIpc) is 2.97. The van der Waals surface area contributed by atoms with Crippen LogP contribution in [-0.2, 0) is 0 Å². The molecule has 0 aliphatic carbocycles. The van der Waals surface area contributed by atoms with Crippen LogP contribution in [0.25, 0.3) is 21.6 Å². The van der Waals surface area contributed by atoms with Crippen LogP contribution in [0.1, 0.15) is 24.1 Å². The number of nitrogens with zero attached hydrogens (tertiary/aromatic N) is 4. The molecule has 3 heterocycles. The van der Waals surface area contributed by atoms with Crippen molar-refractivity contribution in [2.24, 2.45) is 5.92 Å². The van der Waals surface area contributed by atoms with Crippen LogP contribution < -0.4 is 4.90 Å². The first-order valence-corrected chi connectivity index (χ1v) is 12.0. The zero-order valence-corrected chi connectivity index (χ0v) is 21.1. The van der Waals surface area contributed by atoms with Crippen molar-refractivity contribution in [3.63, 3.8) is 0 Å². The highest BCUT2D eigenvalue weighted by Gasteiger charge is 2.25. The summed E-state index contributed by atoms with van der Waals surface area (Å²) in [5, 5.41) is 1.21. The average molecular weight is 581 g/mol. The second-order valence-corrected chi connectivity index (χ2v) is 10.3. The van der Waals surface area contributed by atoms with Gasteiger partial charge in [-0.3, -0.25) is 4.57 Å². The van der Waals surface area contributed by atoms with Gasteiger partial charge in [0.1, 0.15) is 5.65 Å². The first-order valence-electron chi connectivity index (χ1n) is 9.61. The Labute approximate surface area is 196 Å². The predicted octanol–water partition coefficient (Wildman–Crippen LogP) is 7.07. The Morgan fingerprint density at radius 3 is 2.38 bits per heavy atom. The normalized spacial score (nSPS) is 15.1. The van der Waals surface area contributed by atoms with Gasteiger partial charge in [-0.05, 0) is 82.3 Å².